The minimum atomic E-state index is -1.09. The van der Waals surface area contributed by atoms with Crippen molar-refractivity contribution in [3.8, 4) is 0 Å². The number of allylic oxidation sites excluding steroid dienone is 2. The number of benzene rings is 2. The molecule has 0 N–H and O–H groups in total. The standard InChI is InChI=1S/C15H8Cl2F2/c16-15(17)13(9-1-5-11(18)6-2-9)14(15)10-3-7-12(19)8-4-10/h1-8H. The van der Waals surface area contributed by atoms with Crippen LogP contribution in [0, 0.1) is 11.6 Å². The largest absolute Gasteiger partial charge is 0.207 e. The molecule has 19 heavy (non-hydrogen) atoms. The maximum absolute atomic E-state index is 12.9. The third-order valence-electron chi connectivity index (χ3n) is 3.08. The van der Waals surface area contributed by atoms with E-state index in [1.165, 1.54) is 24.3 Å². The molecule has 0 fully saturated rings. The van der Waals surface area contributed by atoms with E-state index in [0.717, 1.165) is 22.3 Å². The number of halogens is 4. The number of hydrogen-bond donors (Lipinski definition) is 0. The quantitative estimate of drug-likeness (QED) is 0.679. The number of alkyl halides is 2. The van der Waals surface area contributed by atoms with Gasteiger partial charge >= 0.3 is 0 Å². The monoisotopic (exact) mass is 296 g/mol. The molecular weight excluding hydrogens is 289 g/mol. The minimum absolute atomic E-state index is 0.317. The third kappa shape index (κ3) is 2.15. The van der Waals surface area contributed by atoms with Crippen LogP contribution in [0.15, 0.2) is 48.5 Å². The zero-order valence-electron chi connectivity index (χ0n) is 9.63. The Bertz CT molecular complexity index is 598. The lowest BCUT2D eigenvalue weighted by Crippen LogP contribution is -1.93. The van der Waals surface area contributed by atoms with Gasteiger partial charge in [-0.3, -0.25) is 0 Å². The molecule has 3 rings (SSSR count). The van der Waals surface area contributed by atoms with Crippen LogP contribution < -0.4 is 0 Å². The lowest BCUT2D eigenvalue weighted by atomic mass is 10.1. The van der Waals surface area contributed by atoms with Crippen LogP contribution in [0.5, 0.6) is 0 Å². The van der Waals surface area contributed by atoms with E-state index >= 15 is 0 Å². The van der Waals surface area contributed by atoms with Crippen LogP contribution in [0.1, 0.15) is 11.1 Å². The summed E-state index contributed by atoms with van der Waals surface area (Å²) in [6.45, 7) is 0. The van der Waals surface area contributed by atoms with Crippen molar-refractivity contribution in [3.63, 3.8) is 0 Å². The fourth-order valence-corrected chi connectivity index (χ4v) is 2.84. The van der Waals surface area contributed by atoms with Gasteiger partial charge in [-0.1, -0.05) is 47.5 Å². The van der Waals surface area contributed by atoms with E-state index in [4.69, 9.17) is 23.2 Å². The van der Waals surface area contributed by atoms with E-state index in [2.05, 4.69) is 0 Å². The van der Waals surface area contributed by atoms with Crippen molar-refractivity contribution < 1.29 is 8.78 Å². The molecule has 0 aromatic heterocycles. The average molecular weight is 297 g/mol. The molecule has 4 heteroatoms. The van der Waals surface area contributed by atoms with Gasteiger partial charge in [-0.15, -0.1) is 0 Å². The molecule has 0 atom stereocenters. The third-order valence-corrected chi connectivity index (χ3v) is 3.84. The summed E-state index contributed by atoms with van der Waals surface area (Å²) < 4.78 is 24.7. The fraction of sp³-hybridized carbons (Fsp3) is 0.0667. The predicted octanol–water partition coefficient (Wildman–Crippen LogP) is 5.06. The van der Waals surface area contributed by atoms with Crippen molar-refractivity contribution in [1.29, 1.82) is 0 Å². The molecule has 96 valence electrons. The fourth-order valence-electron chi connectivity index (χ4n) is 2.12. The van der Waals surface area contributed by atoms with Crippen molar-refractivity contribution >= 4 is 34.3 Å². The van der Waals surface area contributed by atoms with Gasteiger partial charge < -0.3 is 0 Å². The second kappa shape index (κ2) is 4.32. The SMILES string of the molecule is Fc1ccc(C2=C(c3ccc(F)cc3)C2(Cl)Cl)cc1. The topological polar surface area (TPSA) is 0 Å². The summed E-state index contributed by atoms with van der Waals surface area (Å²) in [6, 6.07) is 11.9. The second-order valence-corrected chi connectivity index (χ2v) is 5.67. The first-order valence-electron chi connectivity index (χ1n) is 5.65. The lowest BCUT2D eigenvalue weighted by Gasteiger charge is -2.01. The van der Waals surface area contributed by atoms with Crippen LogP contribution in [0.25, 0.3) is 11.1 Å². The number of hydrogen-bond acceptors (Lipinski definition) is 0. The second-order valence-electron chi connectivity index (χ2n) is 4.34. The Balaban J connectivity index is 2.04. The summed E-state index contributed by atoms with van der Waals surface area (Å²) in [5.74, 6) is -0.633. The summed E-state index contributed by atoms with van der Waals surface area (Å²) in [4.78, 5) is 0. The van der Waals surface area contributed by atoms with Gasteiger partial charge in [-0.05, 0) is 35.4 Å². The molecule has 0 aliphatic heterocycles. The Morgan fingerprint density at radius 2 is 0.947 bits per heavy atom. The van der Waals surface area contributed by atoms with E-state index < -0.39 is 4.33 Å². The van der Waals surface area contributed by atoms with Crippen molar-refractivity contribution in [2.45, 2.75) is 4.33 Å². The zero-order valence-corrected chi connectivity index (χ0v) is 11.1. The van der Waals surface area contributed by atoms with E-state index in [-0.39, 0.29) is 11.6 Å². The van der Waals surface area contributed by atoms with E-state index in [9.17, 15) is 8.78 Å². The Labute approximate surface area is 119 Å². The molecule has 0 saturated heterocycles. The highest BCUT2D eigenvalue weighted by Crippen LogP contribution is 2.63. The van der Waals surface area contributed by atoms with Gasteiger partial charge in [0.25, 0.3) is 0 Å². The summed E-state index contributed by atoms with van der Waals surface area (Å²) in [5, 5.41) is 0. The highest BCUT2D eigenvalue weighted by Gasteiger charge is 2.51. The molecule has 0 amide bonds. The van der Waals surface area contributed by atoms with Gasteiger partial charge in [-0.2, -0.15) is 0 Å². The predicted molar refractivity (Wildman–Crippen MR) is 74.1 cm³/mol. The smallest absolute Gasteiger partial charge is 0.170 e. The van der Waals surface area contributed by atoms with Crippen molar-refractivity contribution in [1.82, 2.24) is 0 Å². The Kier molecular flexibility index (Phi) is 2.88. The van der Waals surface area contributed by atoms with E-state index in [1.54, 1.807) is 24.3 Å². The minimum Gasteiger partial charge on any atom is -0.207 e. The summed E-state index contributed by atoms with van der Waals surface area (Å²) in [5.41, 5.74) is 3.02. The first kappa shape index (κ1) is 12.6. The Morgan fingerprint density at radius 3 is 1.26 bits per heavy atom. The van der Waals surface area contributed by atoms with Gasteiger partial charge in [0.15, 0.2) is 4.33 Å². The normalized spacial score (nSPS) is 16.6. The highest BCUT2D eigenvalue weighted by molar-refractivity contribution is 6.68. The summed E-state index contributed by atoms with van der Waals surface area (Å²) in [7, 11) is 0. The maximum Gasteiger partial charge on any atom is 0.170 e. The molecule has 0 bridgehead atoms. The van der Waals surface area contributed by atoms with Crippen molar-refractivity contribution in [2.24, 2.45) is 0 Å². The van der Waals surface area contributed by atoms with Crippen LogP contribution >= 0.6 is 23.2 Å². The molecule has 1 aliphatic carbocycles. The van der Waals surface area contributed by atoms with Gasteiger partial charge in [0.05, 0.1) is 0 Å². The Hall–Kier alpha value is -1.38. The van der Waals surface area contributed by atoms with Crippen LogP contribution in [0.4, 0.5) is 8.78 Å². The zero-order chi connectivity index (χ0) is 13.6. The molecule has 0 unspecified atom stereocenters. The maximum atomic E-state index is 12.9. The number of rotatable bonds is 2. The van der Waals surface area contributed by atoms with E-state index in [0.29, 0.717) is 0 Å². The van der Waals surface area contributed by atoms with Crippen LogP contribution in [0.3, 0.4) is 0 Å². The van der Waals surface area contributed by atoms with Gasteiger partial charge in [-0.25, -0.2) is 8.78 Å². The average Bonchev–Trinajstić information content (AvgIpc) is 2.94. The molecular formula is C15H8Cl2F2. The molecule has 0 saturated carbocycles. The molecule has 2 aromatic rings. The van der Waals surface area contributed by atoms with Crippen LogP contribution in [-0.4, -0.2) is 4.33 Å². The molecule has 0 heterocycles. The van der Waals surface area contributed by atoms with E-state index in [1.807, 2.05) is 0 Å². The Morgan fingerprint density at radius 1 is 0.632 bits per heavy atom. The molecule has 2 aromatic carbocycles. The first-order chi connectivity index (χ1) is 9.00. The highest BCUT2D eigenvalue weighted by atomic mass is 35.5. The molecule has 0 radical (unpaired) electrons. The van der Waals surface area contributed by atoms with Crippen LogP contribution in [0.2, 0.25) is 0 Å². The van der Waals surface area contributed by atoms with Gasteiger partial charge in [0.2, 0.25) is 0 Å². The van der Waals surface area contributed by atoms with Crippen molar-refractivity contribution in [3.05, 3.63) is 71.3 Å². The summed E-state index contributed by atoms with van der Waals surface area (Å²) in [6.07, 6.45) is 0. The van der Waals surface area contributed by atoms with Crippen LogP contribution in [-0.2, 0) is 0 Å². The summed E-state index contributed by atoms with van der Waals surface area (Å²) >= 11 is 12.5. The molecule has 0 spiro atoms. The van der Waals surface area contributed by atoms with Gasteiger partial charge in [0.1, 0.15) is 11.6 Å². The first-order valence-corrected chi connectivity index (χ1v) is 6.40. The van der Waals surface area contributed by atoms with Gasteiger partial charge in [0, 0.05) is 11.1 Å². The lowest BCUT2D eigenvalue weighted by molar-refractivity contribution is 0.627. The van der Waals surface area contributed by atoms with Crippen molar-refractivity contribution in [2.75, 3.05) is 0 Å². The molecule has 0 nitrogen and oxygen atoms in total. The molecule has 1 aliphatic rings.